The SMILES string of the molecule is Nc1cccc(CNc2cccc3nccn23)c1. The number of anilines is 2. The molecule has 0 aliphatic carbocycles. The van der Waals surface area contributed by atoms with Crippen molar-refractivity contribution in [1.29, 1.82) is 0 Å². The van der Waals surface area contributed by atoms with Gasteiger partial charge in [0.1, 0.15) is 11.5 Å². The number of rotatable bonds is 3. The van der Waals surface area contributed by atoms with Gasteiger partial charge in [0.2, 0.25) is 0 Å². The third kappa shape index (κ3) is 2.00. The van der Waals surface area contributed by atoms with Gasteiger partial charge in [0.25, 0.3) is 0 Å². The van der Waals surface area contributed by atoms with Gasteiger partial charge in [0, 0.05) is 24.6 Å². The molecule has 2 aromatic heterocycles. The highest BCUT2D eigenvalue weighted by atomic mass is 15.1. The van der Waals surface area contributed by atoms with E-state index in [0.717, 1.165) is 29.3 Å². The second-order valence-corrected chi connectivity index (χ2v) is 4.17. The van der Waals surface area contributed by atoms with Crippen LogP contribution in [0, 0.1) is 0 Å². The predicted molar refractivity (Wildman–Crippen MR) is 73.4 cm³/mol. The van der Waals surface area contributed by atoms with Gasteiger partial charge in [-0.3, -0.25) is 4.40 Å². The zero-order valence-electron chi connectivity index (χ0n) is 9.88. The van der Waals surface area contributed by atoms with Crippen molar-refractivity contribution in [1.82, 2.24) is 9.38 Å². The van der Waals surface area contributed by atoms with Crippen LogP contribution in [0.15, 0.2) is 54.9 Å². The van der Waals surface area contributed by atoms with Gasteiger partial charge < -0.3 is 11.1 Å². The number of nitrogens with one attached hydrogen (secondary N) is 1. The molecule has 0 atom stereocenters. The van der Waals surface area contributed by atoms with Gasteiger partial charge in [0.15, 0.2) is 0 Å². The first-order valence-corrected chi connectivity index (χ1v) is 5.83. The van der Waals surface area contributed by atoms with Crippen LogP contribution in [0.3, 0.4) is 0 Å². The molecule has 0 saturated carbocycles. The normalized spacial score (nSPS) is 10.7. The molecule has 90 valence electrons. The number of hydrogen-bond donors (Lipinski definition) is 2. The molecular formula is C14H14N4. The van der Waals surface area contributed by atoms with Crippen LogP contribution in [0.25, 0.3) is 5.65 Å². The van der Waals surface area contributed by atoms with Crippen LogP contribution in [0.4, 0.5) is 11.5 Å². The minimum absolute atomic E-state index is 0.738. The molecule has 0 radical (unpaired) electrons. The maximum atomic E-state index is 5.76. The van der Waals surface area contributed by atoms with Gasteiger partial charge in [-0.15, -0.1) is 0 Å². The Hall–Kier alpha value is -2.49. The van der Waals surface area contributed by atoms with Gasteiger partial charge in [-0.1, -0.05) is 18.2 Å². The third-order valence-corrected chi connectivity index (χ3v) is 2.85. The predicted octanol–water partition coefficient (Wildman–Crippen LogP) is 2.53. The summed E-state index contributed by atoms with van der Waals surface area (Å²) in [5.74, 6) is 1.02. The van der Waals surface area contributed by atoms with Crippen LogP contribution in [-0.2, 0) is 6.54 Å². The Kier molecular flexibility index (Phi) is 2.61. The van der Waals surface area contributed by atoms with Crippen LogP contribution in [0.5, 0.6) is 0 Å². The highest BCUT2D eigenvalue weighted by molar-refractivity contribution is 5.50. The minimum atomic E-state index is 0.738. The fourth-order valence-corrected chi connectivity index (χ4v) is 1.99. The summed E-state index contributed by atoms with van der Waals surface area (Å²) in [4.78, 5) is 4.25. The van der Waals surface area contributed by atoms with E-state index < -0.39 is 0 Å². The lowest BCUT2D eigenvalue weighted by atomic mass is 10.2. The molecule has 0 unspecified atom stereocenters. The first-order chi connectivity index (χ1) is 8.83. The van der Waals surface area contributed by atoms with E-state index in [1.807, 2.05) is 47.0 Å². The third-order valence-electron chi connectivity index (χ3n) is 2.85. The van der Waals surface area contributed by atoms with Crippen molar-refractivity contribution in [2.75, 3.05) is 11.1 Å². The number of benzene rings is 1. The molecule has 0 bridgehead atoms. The van der Waals surface area contributed by atoms with Gasteiger partial charge in [0.05, 0.1) is 0 Å². The van der Waals surface area contributed by atoms with E-state index in [2.05, 4.69) is 16.4 Å². The summed E-state index contributed by atoms with van der Waals surface area (Å²) in [6.07, 6.45) is 3.73. The highest BCUT2D eigenvalue weighted by Crippen LogP contribution is 2.13. The topological polar surface area (TPSA) is 55.3 Å². The van der Waals surface area contributed by atoms with Crippen molar-refractivity contribution in [2.24, 2.45) is 0 Å². The molecule has 4 nitrogen and oxygen atoms in total. The molecular weight excluding hydrogens is 224 g/mol. The van der Waals surface area contributed by atoms with Gasteiger partial charge >= 0.3 is 0 Å². The van der Waals surface area contributed by atoms with E-state index in [1.54, 1.807) is 6.20 Å². The molecule has 0 fully saturated rings. The van der Waals surface area contributed by atoms with E-state index in [0.29, 0.717) is 0 Å². The average molecular weight is 238 g/mol. The van der Waals surface area contributed by atoms with Crippen molar-refractivity contribution in [3.05, 3.63) is 60.4 Å². The molecule has 4 heteroatoms. The van der Waals surface area contributed by atoms with E-state index in [-0.39, 0.29) is 0 Å². The molecule has 3 rings (SSSR count). The number of imidazole rings is 1. The van der Waals surface area contributed by atoms with Crippen molar-refractivity contribution in [3.8, 4) is 0 Å². The van der Waals surface area contributed by atoms with E-state index in [1.165, 1.54) is 0 Å². The molecule has 1 aromatic carbocycles. The largest absolute Gasteiger partial charge is 0.399 e. The van der Waals surface area contributed by atoms with Crippen molar-refractivity contribution in [2.45, 2.75) is 6.54 Å². The molecule has 0 amide bonds. The lowest BCUT2D eigenvalue weighted by Crippen LogP contribution is -2.03. The lowest BCUT2D eigenvalue weighted by Gasteiger charge is -2.09. The molecule has 0 aliphatic heterocycles. The van der Waals surface area contributed by atoms with E-state index in [9.17, 15) is 0 Å². The summed E-state index contributed by atoms with van der Waals surface area (Å²) in [5.41, 5.74) is 8.64. The van der Waals surface area contributed by atoms with Crippen molar-refractivity contribution in [3.63, 3.8) is 0 Å². The lowest BCUT2D eigenvalue weighted by molar-refractivity contribution is 1.08. The zero-order chi connectivity index (χ0) is 12.4. The van der Waals surface area contributed by atoms with Crippen LogP contribution in [0.2, 0.25) is 0 Å². The van der Waals surface area contributed by atoms with Crippen LogP contribution in [0.1, 0.15) is 5.56 Å². The summed E-state index contributed by atoms with van der Waals surface area (Å²) in [5, 5.41) is 3.38. The summed E-state index contributed by atoms with van der Waals surface area (Å²) >= 11 is 0. The number of nitrogens with zero attached hydrogens (tertiary/aromatic N) is 2. The van der Waals surface area contributed by atoms with Gasteiger partial charge in [-0.25, -0.2) is 4.98 Å². The van der Waals surface area contributed by atoms with Gasteiger partial charge in [-0.2, -0.15) is 0 Å². The Bertz CT molecular complexity index is 672. The monoisotopic (exact) mass is 238 g/mol. The maximum absolute atomic E-state index is 5.76. The smallest absolute Gasteiger partial charge is 0.138 e. The van der Waals surface area contributed by atoms with Crippen molar-refractivity contribution < 1.29 is 0 Å². The van der Waals surface area contributed by atoms with E-state index in [4.69, 9.17) is 5.73 Å². The molecule has 0 spiro atoms. The van der Waals surface area contributed by atoms with Crippen LogP contribution < -0.4 is 11.1 Å². The Morgan fingerprint density at radius 2 is 2.06 bits per heavy atom. The fraction of sp³-hybridized carbons (Fsp3) is 0.0714. The minimum Gasteiger partial charge on any atom is -0.399 e. The molecule has 2 heterocycles. The Morgan fingerprint density at radius 3 is 2.94 bits per heavy atom. The van der Waals surface area contributed by atoms with Crippen molar-refractivity contribution >= 4 is 17.2 Å². The summed E-state index contributed by atoms with van der Waals surface area (Å²) in [6.45, 7) is 0.738. The van der Waals surface area contributed by atoms with Crippen LogP contribution in [-0.4, -0.2) is 9.38 Å². The summed E-state index contributed by atoms with van der Waals surface area (Å²) in [6, 6.07) is 13.9. The standard InChI is InChI=1S/C14H14N4/c15-12-4-1-3-11(9-12)10-17-14-6-2-5-13-16-7-8-18(13)14/h1-9,17H,10,15H2. The van der Waals surface area contributed by atoms with Gasteiger partial charge in [-0.05, 0) is 29.8 Å². The zero-order valence-corrected chi connectivity index (χ0v) is 9.88. The highest BCUT2D eigenvalue weighted by Gasteiger charge is 2.00. The number of aromatic nitrogens is 2. The van der Waals surface area contributed by atoms with E-state index >= 15 is 0 Å². The number of hydrogen-bond acceptors (Lipinski definition) is 3. The average Bonchev–Trinajstić information content (AvgIpc) is 2.85. The Balaban J connectivity index is 1.83. The van der Waals surface area contributed by atoms with Crippen LogP contribution >= 0.6 is 0 Å². The fourth-order valence-electron chi connectivity index (χ4n) is 1.99. The number of nitrogens with two attached hydrogens (primary N) is 1. The summed E-state index contributed by atoms with van der Waals surface area (Å²) < 4.78 is 2.02. The number of nitrogen functional groups attached to an aromatic ring is 1. The summed E-state index contributed by atoms with van der Waals surface area (Å²) in [7, 11) is 0. The molecule has 0 aliphatic rings. The quantitative estimate of drug-likeness (QED) is 0.689. The second-order valence-electron chi connectivity index (χ2n) is 4.17. The first kappa shape index (κ1) is 10.7. The second kappa shape index (κ2) is 4.41. The molecule has 3 aromatic rings. The maximum Gasteiger partial charge on any atom is 0.138 e. The molecule has 3 N–H and O–H groups in total. The molecule has 0 saturated heterocycles. The molecule has 18 heavy (non-hydrogen) atoms. The Labute approximate surface area is 105 Å². The first-order valence-electron chi connectivity index (χ1n) is 5.83. The number of fused-ring (bicyclic) bond motifs is 1. The number of pyridine rings is 1. The Morgan fingerprint density at radius 1 is 1.17 bits per heavy atom.